The average molecular weight is 309 g/mol. The van der Waals surface area contributed by atoms with Gasteiger partial charge in [-0.15, -0.1) is 0 Å². The SMILES string of the molecule is CCCCc1ncc(-c2nccn2[C@H](C)c2ccc(C)nc2)[nH]1. The van der Waals surface area contributed by atoms with Gasteiger partial charge in [-0.1, -0.05) is 19.4 Å². The monoisotopic (exact) mass is 309 g/mol. The van der Waals surface area contributed by atoms with Crippen LogP contribution in [-0.4, -0.2) is 24.5 Å². The predicted octanol–water partition coefficient (Wildman–Crippen LogP) is 3.93. The van der Waals surface area contributed by atoms with E-state index in [9.17, 15) is 0 Å². The summed E-state index contributed by atoms with van der Waals surface area (Å²) in [6.07, 6.45) is 10.9. The minimum absolute atomic E-state index is 0.169. The Morgan fingerprint density at radius 1 is 1.17 bits per heavy atom. The van der Waals surface area contributed by atoms with Crippen molar-refractivity contribution in [2.45, 2.75) is 46.1 Å². The van der Waals surface area contributed by atoms with E-state index in [1.165, 1.54) is 12.0 Å². The van der Waals surface area contributed by atoms with Crippen molar-refractivity contribution < 1.29 is 0 Å². The second kappa shape index (κ2) is 6.77. The van der Waals surface area contributed by atoms with Crippen molar-refractivity contribution in [3.8, 4) is 11.5 Å². The Kier molecular flexibility index (Phi) is 4.55. The van der Waals surface area contributed by atoms with Crippen LogP contribution in [0.2, 0.25) is 0 Å². The summed E-state index contributed by atoms with van der Waals surface area (Å²) in [6.45, 7) is 6.35. The first-order valence-corrected chi connectivity index (χ1v) is 8.18. The zero-order chi connectivity index (χ0) is 16.2. The van der Waals surface area contributed by atoms with E-state index in [2.05, 4.69) is 44.4 Å². The average Bonchev–Trinajstić information content (AvgIpc) is 3.21. The molecule has 0 aliphatic rings. The summed E-state index contributed by atoms with van der Waals surface area (Å²) in [5, 5.41) is 0. The van der Waals surface area contributed by atoms with Gasteiger partial charge in [0.15, 0.2) is 5.82 Å². The quantitative estimate of drug-likeness (QED) is 0.750. The molecule has 0 aromatic carbocycles. The number of nitrogens with zero attached hydrogens (tertiary/aromatic N) is 4. The predicted molar refractivity (Wildman–Crippen MR) is 91.2 cm³/mol. The molecule has 0 saturated carbocycles. The van der Waals surface area contributed by atoms with Crippen molar-refractivity contribution in [1.29, 1.82) is 0 Å². The highest BCUT2D eigenvalue weighted by molar-refractivity contribution is 5.49. The van der Waals surface area contributed by atoms with Crippen LogP contribution in [0.4, 0.5) is 0 Å². The molecule has 0 unspecified atom stereocenters. The fourth-order valence-corrected chi connectivity index (χ4v) is 2.67. The number of nitrogens with one attached hydrogen (secondary N) is 1. The van der Waals surface area contributed by atoms with Gasteiger partial charge in [0.1, 0.15) is 11.5 Å². The molecule has 0 aliphatic heterocycles. The minimum atomic E-state index is 0.169. The lowest BCUT2D eigenvalue weighted by molar-refractivity contribution is 0.641. The molecule has 3 aromatic heterocycles. The number of H-pyrrole nitrogens is 1. The van der Waals surface area contributed by atoms with Crippen LogP contribution in [0.25, 0.3) is 11.5 Å². The molecule has 5 heteroatoms. The maximum absolute atomic E-state index is 4.52. The minimum Gasteiger partial charge on any atom is -0.339 e. The van der Waals surface area contributed by atoms with Crippen molar-refractivity contribution in [1.82, 2.24) is 24.5 Å². The van der Waals surface area contributed by atoms with Gasteiger partial charge in [0.25, 0.3) is 0 Å². The van der Waals surface area contributed by atoms with Gasteiger partial charge in [-0.2, -0.15) is 0 Å². The van der Waals surface area contributed by atoms with E-state index in [1.807, 2.05) is 37.8 Å². The lowest BCUT2D eigenvalue weighted by Gasteiger charge is -2.16. The molecule has 0 bridgehead atoms. The number of hydrogen-bond acceptors (Lipinski definition) is 3. The largest absolute Gasteiger partial charge is 0.339 e. The van der Waals surface area contributed by atoms with Crippen molar-refractivity contribution >= 4 is 0 Å². The molecule has 1 N–H and O–H groups in total. The van der Waals surface area contributed by atoms with E-state index in [1.54, 1.807) is 0 Å². The van der Waals surface area contributed by atoms with Crippen molar-refractivity contribution in [3.63, 3.8) is 0 Å². The maximum Gasteiger partial charge on any atom is 0.158 e. The Morgan fingerprint density at radius 3 is 2.78 bits per heavy atom. The van der Waals surface area contributed by atoms with Crippen molar-refractivity contribution in [2.24, 2.45) is 0 Å². The van der Waals surface area contributed by atoms with Crippen molar-refractivity contribution in [3.05, 3.63) is 54.0 Å². The molecule has 0 amide bonds. The van der Waals surface area contributed by atoms with Crippen LogP contribution in [0.3, 0.4) is 0 Å². The number of hydrogen-bond donors (Lipinski definition) is 1. The molecule has 0 spiro atoms. The highest BCUT2D eigenvalue weighted by Gasteiger charge is 2.15. The normalized spacial score (nSPS) is 12.5. The standard InChI is InChI=1S/C18H23N5/c1-4-5-6-17-21-12-16(22-17)18-19-9-10-23(18)14(3)15-8-7-13(2)20-11-15/h7-12,14H,4-6H2,1-3H3,(H,21,22)/t14-/m1/s1. The third kappa shape index (κ3) is 3.33. The van der Waals surface area contributed by atoms with Gasteiger partial charge >= 0.3 is 0 Å². The summed E-state index contributed by atoms with van der Waals surface area (Å²) >= 11 is 0. The van der Waals surface area contributed by atoms with Gasteiger partial charge in [-0.25, -0.2) is 9.97 Å². The molecule has 23 heavy (non-hydrogen) atoms. The summed E-state index contributed by atoms with van der Waals surface area (Å²) < 4.78 is 2.16. The van der Waals surface area contributed by atoms with E-state index in [0.29, 0.717) is 0 Å². The number of aromatic amines is 1. The molecule has 3 heterocycles. The lowest BCUT2D eigenvalue weighted by Crippen LogP contribution is -2.08. The van der Waals surface area contributed by atoms with Crippen LogP contribution in [-0.2, 0) is 6.42 Å². The Hall–Kier alpha value is -2.43. The smallest absolute Gasteiger partial charge is 0.158 e. The fourth-order valence-electron chi connectivity index (χ4n) is 2.67. The van der Waals surface area contributed by atoms with Gasteiger partial charge in [0, 0.05) is 30.7 Å². The number of aryl methyl sites for hydroxylation is 2. The van der Waals surface area contributed by atoms with Crippen LogP contribution in [0, 0.1) is 6.92 Å². The zero-order valence-electron chi connectivity index (χ0n) is 14.0. The van der Waals surface area contributed by atoms with Crippen LogP contribution < -0.4 is 0 Å². The van der Waals surface area contributed by atoms with E-state index in [0.717, 1.165) is 35.9 Å². The molecule has 0 aliphatic carbocycles. The number of unbranched alkanes of at least 4 members (excludes halogenated alkanes) is 1. The van der Waals surface area contributed by atoms with Gasteiger partial charge in [0.2, 0.25) is 0 Å². The van der Waals surface area contributed by atoms with E-state index < -0.39 is 0 Å². The number of rotatable bonds is 6. The van der Waals surface area contributed by atoms with Gasteiger partial charge < -0.3 is 9.55 Å². The van der Waals surface area contributed by atoms with Crippen molar-refractivity contribution in [2.75, 3.05) is 0 Å². The Bertz CT molecular complexity index is 754. The first kappa shape index (κ1) is 15.5. The van der Waals surface area contributed by atoms with Gasteiger partial charge in [-0.05, 0) is 31.9 Å². The van der Waals surface area contributed by atoms with Gasteiger partial charge in [-0.3, -0.25) is 4.98 Å². The molecule has 0 radical (unpaired) electrons. The van der Waals surface area contributed by atoms with Crippen LogP contribution in [0.5, 0.6) is 0 Å². The summed E-state index contributed by atoms with van der Waals surface area (Å²) in [4.78, 5) is 16.8. The summed E-state index contributed by atoms with van der Waals surface area (Å²) in [5.41, 5.74) is 3.16. The number of pyridine rings is 1. The highest BCUT2D eigenvalue weighted by atomic mass is 15.1. The Morgan fingerprint density at radius 2 is 2.04 bits per heavy atom. The summed E-state index contributed by atoms with van der Waals surface area (Å²) in [6, 6.07) is 4.33. The highest BCUT2D eigenvalue weighted by Crippen LogP contribution is 2.24. The van der Waals surface area contributed by atoms with Crippen LogP contribution in [0.15, 0.2) is 36.9 Å². The van der Waals surface area contributed by atoms with Crippen LogP contribution in [0.1, 0.15) is 49.8 Å². The topological polar surface area (TPSA) is 59.4 Å². The fraction of sp³-hybridized carbons (Fsp3) is 0.389. The Balaban J connectivity index is 1.87. The summed E-state index contributed by atoms with van der Waals surface area (Å²) in [5.74, 6) is 1.94. The van der Waals surface area contributed by atoms with Crippen LogP contribution >= 0.6 is 0 Å². The Labute approximate surface area is 136 Å². The van der Waals surface area contributed by atoms with E-state index >= 15 is 0 Å². The number of imidazole rings is 2. The molecule has 120 valence electrons. The molecular weight excluding hydrogens is 286 g/mol. The molecule has 1 atom stereocenters. The molecule has 5 nitrogen and oxygen atoms in total. The molecule has 0 saturated heterocycles. The zero-order valence-corrected chi connectivity index (χ0v) is 14.0. The maximum atomic E-state index is 4.52. The van der Waals surface area contributed by atoms with E-state index in [-0.39, 0.29) is 6.04 Å². The first-order chi connectivity index (χ1) is 11.2. The third-order valence-electron chi connectivity index (χ3n) is 4.14. The summed E-state index contributed by atoms with van der Waals surface area (Å²) in [7, 11) is 0. The number of aromatic nitrogens is 5. The molecule has 3 rings (SSSR count). The third-order valence-corrected chi connectivity index (χ3v) is 4.14. The second-order valence-corrected chi connectivity index (χ2v) is 5.91. The second-order valence-electron chi connectivity index (χ2n) is 5.91. The molecule has 3 aromatic rings. The van der Waals surface area contributed by atoms with E-state index in [4.69, 9.17) is 0 Å². The first-order valence-electron chi connectivity index (χ1n) is 8.18. The lowest BCUT2D eigenvalue weighted by atomic mass is 10.1. The molecular formula is C18H23N5. The van der Waals surface area contributed by atoms with Gasteiger partial charge in [0.05, 0.1) is 12.2 Å². The molecule has 0 fully saturated rings.